The molecule has 0 heterocycles. The summed E-state index contributed by atoms with van der Waals surface area (Å²) in [5.41, 5.74) is 4.69. The first-order valence-corrected chi connectivity index (χ1v) is 6.26. The highest BCUT2D eigenvalue weighted by Gasteiger charge is 2.22. The smallest absolute Gasteiger partial charge is 0.0245 e. The Kier molecular flexibility index (Phi) is 4.38. The molecule has 0 fully saturated rings. The third-order valence-electron chi connectivity index (χ3n) is 3.55. The number of fused-ring (bicyclic) bond motifs is 1. The van der Waals surface area contributed by atoms with Crippen molar-refractivity contribution in [3.63, 3.8) is 0 Å². The summed E-state index contributed by atoms with van der Waals surface area (Å²) >= 11 is 0. The summed E-state index contributed by atoms with van der Waals surface area (Å²) in [4.78, 5) is 0. The Morgan fingerprint density at radius 1 is 1.00 bits per heavy atom. The van der Waals surface area contributed by atoms with Gasteiger partial charge in [-0.15, -0.1) is 0 Å². The van der Waals surface area contributed by atoms with Crippen LogP contribution < -0.4 is 0 Å². The quantitative estimate of drug-likeness (QED) is 0.588. The van der Waals surface area contributed by atoms with E-state index in [1.165, 1.54) is 18.4 Å². The zero-order chi connectivity index (χ0) is 11.4. The van der Waals surface area contributed by atoms with E-state index in [4.69, 9.17) is 0 Å². The van der Waals surface area contributed by atoms with E-state index < -0.39 is 0 Å². The lowest BCUT2D eigenvalue weighted by Crippen LogP contribution is -2.21. The molecule has 1 aromatic rings. The molecule has 1 aromatic carbocycles. The first-order valence-electron chi connectivity index (χ1n) is 6.26. The van der Waals surface area contributed by atoms with E-state index in [0.717, 1.165) is 11.8 Å². The molecule has 2 rings (SSSR count). The van der Waals surface area contributed by atoms with Gasteiger partial charge in [-0.25, -0.2) is 0 Å². The van der Waals surface area contributed by atoms with Crippen LogP contribution >= 0.6 is 0 Å². The molecule has 0 spiro atoms. The van der Waals surface area contributed by atoms with Gasteiger partial charge in [0.2, 0.25) is 0 Å². The van der Waals surface area contributed by atoms with Gasteiger partial charge in [-0.1, -0.05) is 45.9 Å². The van der Waals surface area contributed by atoms with Gasteiger partial charge in [0.1, 0.15) is 0 Å². The second-order valence-electron chi connectivity index (χ2n) is 4.58. The van der Waals surface area contributed by atoms with E-state index in [1.54, 1.807) is 11.1 Å². The Labute approximate surface area is 94.7 Å². The minimum absolute atomic E-state index is 0.855. The minimum Gasteiger partial charge on any atom is -0.0683 e. The third kappa shape index (κ3) is 2.62. The van der Waals surface area contributed by atoms with Gasteiger partial charge < -0.3 is 0 Å². The molecule has 0 saturated carbocycles. The molecule has 0 radical (unpaired) electrons. The average Bonchev–Trinajstić information content (AvgIpc) is 2.24. The second kappa shape index (κ2) is 5.34. The molecule has 1 aliphatic carbocycles. The zero-order valence-electron chi connectivity index (χ0n) is 10.8. The number of benzene rings is 1. The highest BCUT2D eigenvalue weighted by molar-refractivity contribution is 5.36. The summed E-state index contributed by atoms with van der Waals surface area (Å²) in [6.07, 6.45) is 2.56. The lowest BCUT2D eigenvalue weighted by Gasteiger charge is -2.29. The van der Waals surface area contributed by atoms with E-state index in [-0.39, 0.29) is 0 Å². The van der Waals surface area contributed by atoms with Gasteiger partial charge in [-0.05, 0) is 48.3 Å². The second-order valence-corrected chi connectivity index (χ2v) is 4.58. The maximum atomic E-state index is 2.38. The molecule has 1 aliphatic rings. The molecular weight excluding hydrogens is 180 g/mol. The van der Waals surface area contributed by atoms with Crippen LogP contribution in [0.2, 0.25) is 0 Å². The SMILES string of the molecule is CC.Cc1cccc2c1CC(C)C(C)C2. The first kappa shape index (κ1) is 12.3. The van der Waals surface area contributed by atoms with Gasteiger partial charge >= 0.3 is 0 Å². The molecule has 0 bridgehead atoms. The molecule has 0 aliphatic heterocycles. The van der Waals surface area contributed by atoms with Crippen LogP contribution in [-0.4, -0.2) is 0 Å². The summed E-state index contributed by atoms with van der Waals surface area (Å²) in [7, 11) is 0. The van der Waals surface area contributed by atoms with Crippen molar-refractivity contribution >= 4 is 0 Å². The van der Waals surface area contributed by atoms with Crippen LogP contribution in [0.3, 0.4) is 0 Å². The fourth-order valence-electron chi connectivity index (χ4n) is 2.32. The molecule has 0 aromatic heterocycles. The van der Waals surface area contributed by atoms with E-state index in [1.807, 2.05) is 13.8 Å². The fraction of sp³-hybridized carbons (Fsp3) is 0.600. The normalized spacial score (nSPS) is 23.8. The van der Waals surface area contributed by atoms with Crippen molar-refractivity contribution in [1.82, 2.24) is 0 Å². The van der Waals surface area contributed by atoms with E-state index in [9.17, 15) is 0 Å². The van der Waals surface area contributed by atoms with E-state index in [0.29, 0.717) is 0 Å². The monoisotopic (exact) mass is 204 g/mol. The van der Waals surface area contributed by atoms with Crippen molar-refractivity contribution in [3.8, 4) is 0 Å². The lowest BCUT2D eigenvalue weighted by molar-refractivity contribution is 0.360. The maximum Gasteiger partial charge on any atom is -0.0245 e. The molecule has 0 amide bonds. The zero-order valence-corrected chi connectivity index (χ0v) is 10.8. The molecule has 0 heteroatoms. The predicted octanol–water partition coefficient (Wildman–Crippen LogP) is 4.39. The molecule has 0 N–H and O–H groups in total. The number of rotatable bonds is 0. The van der Waals surface area contributed by atoms with Crippen LogP contribution in [0.5, 0.6) is 0 Å². The van der Waals surface area contributed by atoms with Crippen molar-refractivity contribution in [2.75, 3.05) is 0 Å². The predicted molar refractivity (Wildman–Crippen MR) is 68.3 cm³/mol. The van der Waals surface area contributed by atoms with Crippen molar-refractivity contribution in [2.24, 2.45) is 11.8 Å². The molecule has 2 unspecified atom stereocenters. The Morgan fingerprint density at radius 2 is 1.60 bits per heavy atom. The minimum atomic E-state index is 0.855. The van der Waals surface area contributed by atoms with Gasteiger partial charge in [0, 0.05) is 0 Å². The summed E-state index contributed by atoms with van der Waals surface area (Å²) in [5.74, 6) is 1.71. The highest BCUT2D eigenvalue weighted by atomic mass is 14.3. The summed E-state index contributed by atoms with van der Waals surface area (Å²) < 4.78 is 0. The van der Waals surface area contributed by atoms with Gasteiger partial charge in [0.15, 0.2) is 0 Å². The largest absolute Gasteiger partial charge is 0.0683 e. The molecule has 0 nitrogen and oxygen atoms in total. The standard InChI is InChI=1S/C13H18.C2H6/c1-9-5-4-6-12-7-10(2)11(3)8-13(9)12;1-2/h4-6,10-11H,7-8H2,1-3H3;1-2H3. The van der Waals surface area contributed by atoms with Gasteiger partial charge in [0.05, 0.1) is 0 Å². The van der Waals surface area contributed by atoms with Gasteiger partial charge in [0.25, 0.3) is 0 Å². The number of hydrogen-bond donors (Lipinski definition) is 0. The van der Waals surface area contributed by atoms with E-state index in [2.05, 4.69) is 39.0 Å². The first-order chi connectivity index (χ1) is 7.18. The molecule has 84 valence electrons. The molecule has 2 atom stereocenters. The van der Waals surface area contributed by atoms with Crippen LogP contribution in [0.25, 0.3) is 0 Å². The van der Waals surface area contributed by atoms with Crippen LogP contribution in [0.15, 0.2) is 18.2 Å². The van der Waals surface area contributed by atoms with Crippen LogP contribution in [0.4, 0.5) is 0 Å². The van der Waals surface area contributed by atoms with Crippen LogP contribution in [-0.2, 0) is 12.8 Å². The number of hydrogen-bond acceptors (Lipinski definition) is 0. The van der Waals surface area contributed by atoms with Crippen molar-refractivity contribution in [1.29, 1.82) is 0 Å². The van der Waals surface area contributed by atoms with E-state index >= 15 is 0 Å². The van der Waals surface area contributed by atoms with Crippen molar-refractivity contribution in [2.45, 2.75) is 47.5 Å². The summed E-state index contributed by atoms with van der Waals surface area (Å²) in [5, 5.41) is 0. The van der Waals surface area contributed by atoms with Gasteiger partial charge in [-0.3, -0.25) is 0 Å². The lowest BCUT2D eigenvalue weighted by atomic mass is 9.76. The fourth-order valence-corrected chi connectivity index (χ4v) is 2.32. The Hall–Kier alpha value is -0.780. The van der Waals surface area contributed by atoms with Crippen LogP contribution in [0, 0.1) is 18.8 Å². The molecule has 15 heavy (non-hydrogen) atoms. The average molecular weight is 204 g/mol. The third-order valence-corrected chi connectivity index (χ3v) is 3.55. The van der Waals surface area contributed by atoms with Crippen molar-refractivity contribution in [3.05, 3.63) is 34.9 Å². The number of aryl methyl sites for hydroxylation is 1. The Morgan fingerprint density at radius 3 is 2.27 bits per heavy atom. The Bertz CT molecular complexity index is 312. The molecular formula is C15H24. The van der Waals surface area contributed by atoms with Crippen molar-refractivity contribution < 1.29 is 0 Å². The van der Waals surface area contributed by atoms with Crippen LogP contribution in [0.1, 0.15) is 44.4 Å². The maximum absolute atomic E-state index is 2.38. The molecule has 0 saturated heterocycles. The summed E-state index contributed by atoms with van der Waals surface area (Å²) in [6.45, 7) is 11.0. The van der Waals surface area contributed by atoms with Gasteiger partial charge in [-0.2, -0.15) is 0 Å². The summed E-state index contributed by atoms with van der Waals surface area (Å²) in [6, 6.07) is 6.73. The highest BCUT2D eigenvalue weighted by Crippen LogP contribution is 2.31. The topological polar surface area (TPSA) is 0 Å². The Balaban J connectivity index is 0.000000531.